The van der Waals surface area contributed by atoms with E-state index >= 15 is 0 Å². The molecule has 0 bridgehead atoms. The largest absolute Gasteiger partial charge is 0.381 e. The molecule has 1 aliphatic rings. The fourth-order valence-electron chi connectivity index (χ4n) is 3.39. The van der Waals surface area contributed by atoms with Gasteiger partial charge in [0.15, 0.2) is 0 Å². The molecule has 0 spiro atoms. The van der Waals surface area contributed by atoms with Gasteiger partial charge in [-0.25, -0.2) is 0 Å². The predicted molar refractivity (Wildman–Crippen MR) is 97.4 cm³/mol. The van der Waals surface area contributed by atoms with Gasteiger partial charge in [0.05, 0.1) is 11.4 Å². The molecule has 0 heterocycles. The first-order chi connectivity index (χ1) is 11.1. The third kappa shape index (κ3) is 2.97. The zero-order valence-electron chi connectivity index (χ0n) is 14.1. The highest BCUT2D eigenvalue weighted by atomic mass is 15.2. The Kier molecular flexibility index (Phi) is 4.39. The van der Waals surface area contributed by atoms with Crippen LogP contribution in [-0.4, -0.2) is 6.04 Å². The Hall–Kier alpha value is -2.26. The van der Waals surface area contributed by atoms with E-state index in [4.69, 9.17) is 5.84 Å². The van der Waals surface area contributed by atoms with Crippen LogP contribution in [0.5, 0.6) is 0 Å². The molecule has 120 valence electrons. The lowest BCUT2D eigenvalue weighted by Gasteiger charge is -2.28. The van der Waals surface area contributed by atoms with Crippen molar-refractivity contribution in [2.24, 2.45) is 5.84 Å². The number of hydrazine groups is 1. The molecule has 2 aromatic carbocycles. The predicted octanol–water partition coefficient (Wildman–Crippen LogP) is 3.63. The van der Waals surface area contributed by atoms with Crippen LogP contribution >= 0.6 is 0 Å². The summed E-state index contributed by atoms with van der Waals surface area (Å²) in [6, 6.07) is 17.5. The molecular formula is C20H25N3. The van der Waals surface area contributed by atoms with E-state index in [1.54, 1.807) is 0 Å². The summed E-state index contributed by atoms with van der Waals surface area (Å²) in [6.07, 6.45) is 1.01. The van der Waals surface area contributed by atoms with Crippen molar-refractivity contribution in [1.82, 2.24) is 10.7 Å². The minimum atomic E-state index is 0.323. The molecule has 0 aliphatic heterocycles. The number of fused-ring (bicyclic) bond motifs is 2. The highest BCUT2D eigenvalue weighted by Gasteiger charge is 2.23. The summed E-state index contributed by atoms with van der Waals surface area (Å²) in [4.78, 5) is 0. The third-order valence-corrected chi connectivity index (χ3v) is 4.40. The third-order valence-electron chi connectivity index (χ3n) is 4.40. The maximum Gasteiger partial charge on any atom is 0.0800 e. The van der Waals surface area contributed by atoms with Crippen LogP contribution in [-0.2, 0) is 6.42 Å². The van der Waals surface area contributed by atoms with E-state index in [0.717, 1.165) is 17.8 Å². The van der Waals surface area contributed by atoms with E-state index in [-0.39, 0.29) is 0 Å². The fourth-order valence-corrected chi connectivity index (χ4v) is 3.39. The first-order valence-electron chi connectivity index (χ1n) is 8.26. The molecule has 1 unspecified atom stereocenters. The zero-order valence-corrected chi connectivity index (χ0v) is 14.1. The van der Waals surface area contributed by atoms with Crippen molar-refractivity contribution < 1.29 is 0 Å². The van der Waals surface area contributed by atoms with Crippen LogP contribution in [0.4, 0.5) is 0 Å². The maximum absolute atomic E-state index is 5.95. The highest BCUT2D eigenvalue weighted by Crippen LogP contribution is 2.35. The van der Waals surface area contributed by atoms with Crippen molar-refractivity contribution in [3.63, 3.8) is 0 Å². The molecule has 4 N–H and O–H groups in total. The minimum Gasteiger partial charge on any atom is -0.381 e. The number of nitrogens with two attached hydrogens (primary N) is 1. The van der Waals surface area contributed by atoms with Gasteiger partial charge >= 0.3 is 0 Å². The molecule has 0 saturated carbocycles. The second-order valence-electron chi connectivity index (χ2n) is 6.54. The Balaban J connectivity index is 2.32. The van der Waals surface area contributed by atoms with Gasteiger partial charge in [0.25, 0.3) is 0 Å². The molecule has 3 heteroatoms. The van der Waals surface area contributed by atoms with Gasteiger partial charge in [0, 0.05) is 17.2 Å². The molecular weight excluding hydrogens is 282 g/mol. The quantitative estimate of drug-likeness (QED) is 0.599. The normalized spacial score (nSPS) is 20.3. The summed E-state index contributed by atoms with van der Waals surface area (Å²) in [5.74, 6) is 6.40. The minimum absolute atomic E-state index is 0.323. The molecule has 0 radical (unpaired) electrons. The number of hydrogen-bond donors (Lipinski definition) is 3. The van der Waals surface area contributed by atoms with Gasteiger partial charge in [-0.15, -0.1) is 0 Å². The molecule has 2 aromatic rings. The Morgan fingerprint density at radius 3 is 2.30 bits per heavy atom. The molecule has 3 rings (SSSR count). The average molecular weight is 307 g/mol. The SMILES string of the molecule is CC(C)N/C1=C(\NN)c2ccccc2CC(C)c2ccccc21. The summed E-state index contributed by atoms with van der Waals surface area (Å²) < 4.78 is 0. The van der Waals surface area contributed by atoms with Gasteiger partial charge in [0.2, 0.25) is 0 Å². The van der Waals surface area contributed by atoms with Crippen LogP contribution in [0.1, 0.15) is 48.9 Å². The van der Waals surface area contributed by atoms with E-state index in [9.17, 15) is 0 Å². The Morgan fingerprint density at radius 1 is 0.957 bits per heavy atom. The maximum atomic E-state index is 5.95. The standard InChI is InChI=1S/C20H25N3/c1-13(2)22-19-18-11-7-6-9-16(18)14(3)12-15-8-4-5-10-17(15)20(19)23-21/h4-11,13-14,22-23H,12,21H2,1-3H3/b20-19-. The van der Waals surface area contributed by atoms with E-state index < -0.39 is 0 Å². The monoisotopic (exact) mass is 307 g/mol. The molecule has 1 atom stereocenters. The lowest BCUT2D eigenvalue weighted by Crippen LogP contribution is -2.30. The lowest BCUT2D eigenvalue weighted by molar-refractivity contribution is 0.704. The van der Waals surface area contributed by atoms with Crippen molar-refractivity contribution in [2.75, 3.05) is 0 Å². The van der Waals surface area contributed by atoms with Gasteiger partial charge in [-0.05, 0) is 37.3 Å². The Bertz CT molecular complexity index is 731. The molecule has 23 heavy (non-hydrogen) atoms. The smallest absolute Gasteiger partial charge is 0.0800 e. The van der Waals surface area contributed by atoms with Crippen LogP contribution in [0.3, 0.4) is 0 Å². The van der Waals surface area contributed by atoms with Gasteiger partial charge in [-0.3, -0.25) is 5.84 Å². The summed E-state index contributed by atoms with van der Waals surface area (Å²) in [6.45, 7) is 6.60. The van der Waals surface area contributed by atoms with E-state index in [0.29, 0.717) is 12.0 Å². The van der Waals surface area contributed by atoms with E-state index in [2.05, 4.69) is 80.0 Å². The van der Waals surface area contributed by atoms with Crippen LogP contribution in [0.2, 0.25) is 0 Å². The van der Waals surface area contributed by atoms with Crippen molar-refractivity contribution in [3.05, 3.63) is 70.8 Å². The van der Waals surface area contributed by atoms with Gasteiger partial charge in [0.1, 0.15) is 0 Å². The molecule has 0 saturated heterocycles. The molecule has 3 nitrogen and oxygen atoms in total. The Morgan fingerprint density at radius 2 is 1.61 bits per heavy atom. The highest BCUT2D eigenvalue weighted by molar-refractivity contribution is 5.91. The zero-order chi connectivity index (χ0) is 16.4. The van der Waals surface area contributed by atoms with Gasteiger partial charge < -0.3 is 10.7 Å². The van der Waals surface area contributed by atoms with Crippen molar-refractivity contribution >= 4 is 11.4 Å². The molecule has 0 aromatic heterocycles. The van der Waals surface area contributed by atoms with Crippen LogP contribution < -0.4 is 16.6 Å². The van der Waals surface area contributed by atoms with Crippen LogP contribution in [0.15, 0.2) is 48.5 Å². The fraction of sp³-hybridized carbons (Fsp3) is 0.300. The number of benzene rings is 2. The first kappa shape index (κ1) is 15.6. The average Bonchev–Trinajstić information content (AvgIpc) is 2.54. The number of rotatable bonds is 3. The van der Waals surface area contributed by atoms with Crippen molar-refractivity contribution in [1.29, 1.82) is 0 Å². The first-order valence-corrected chi connectivity index (χ1v) is 8.26. The van der Waals surface area contributed by atoms with Crippen LogP contribution in [0.25, 0.3) is 11.4 Å². The summed E-state index contributed by atoms with van der Waals surface area (Å²) >= 11 is 0. The van der Waals surface area contributed by atoms with Gasteiger partial charge in [-0.2, -0.15) is 0 Å². The topological polar surface area (TPSA) is 50.1 Å². The second kappa shape index (κ2) is 6.47. The number of nitrogens with one attached hydrogen (secondary N) is 2. The van der Waals surface area contributed by atoms with Gasteiger partial charge in [-0.1, -0.05) is 55.5 Å². The molecule has 1 aliphatic carbocycles. The Labute approximate surface area is 138 Å². The van der Waals surface area contributed by atoms with Crippen molar-refractivity contribution in [3.8, 4) is 0 Å². The van der Waals surface area contributed by atoms with E-state index in [1.807, 2.05) is 0 Å². The summed E-state index contributed by atoms with van der Waals surface area (Å²) in [5, 5.41) is 3.61. The molecule has 0 amide bonds. The van der Waals surface area contributed by atoms with Crippen LogP contribution in [0, 0.1) is 0 Å². The lowest BCUT2D eigenvalue weighted by atomic mass is 9.83. The second-order valence-corrected chi connectivity index (χ2v) is 6.54. The summed E-state index contributed by atoms with van der Waals surface area (Å²) in [5.41, 5.74) is 10.1. The molecule has 0 fully saturated rings. The van der Waals surface area contributed by atoms with Crippen molar-refractivity contribution in [2.45, 2.75) is 39.2 Å². The summed E-state index contributed by atoms with van der Waals surface area (Å²) in [7, 11) is 0. The number of hydrogen-bond acceptors (Lipinski definition) is 3. The van der Waals surface area contributed by atoms with E-state index in [1.165, 1.54) is 22.3 Å².